The molecule has 0 unspecified atom stereocenters. The highest BCUT2D eigenvalue weighted by Crippen LogP contribution is 2.23. The zero-order valence-corrected chi connectivity index (χ0v) is 19.2. The summed E-state index contributed by atoms with van der Waals surface area (Å²) < 4.78 is 20.9. The summed E-state index contributed by atoms with van der Waals surface area (Å²) in [7, 11) is 0. The van der Waals surface area contributed by atoms with Crippen molar-refractivity contribution in [2.45, 2.75) is 85.2 Å². The normalized spacial score (nSPS) is 13.1. The van der Waals surface area contributed by atoms with E-state index in [4.69, 9.17) is 18.9 Å². The highest BCUT2D eigenvalue weighted by atomic mass is 16.7. The molecular weight excluding hydrogens is 390 g/mol. The molecule has 0 bridgehead atoms. The van der Waals surface area contributed by atoms with E-state index in [1.165, 1.54) is 12.1 Å². The molecule has 8 nitrogen and oxygen atoms in total. The summed E-state index contributed by atoms with van der Waals surface area (Å²) in [5.41, 5.74) is -1.72. The predicted octanol–water partition coefficient (Wildman–Crippen LogP) is 4.91. The third-order valence-corrected chi connectivity index (χ3v) is 3.11. The first kappa shape index (κ1) is 25.3. The van der Waals surface area contributed by atoms with Crippen LogP contribution in [0.2, 0.25) is 0 Å². The largest absolute Gasteiger partial charge is 0.514 e. The quantitative estimate of drug-likeness (QED) is 0.417. The summed E-state index contributed by atoms with van der Waals surface area (Å²) >= 11 is 0. The van der Waals surface area contributed by atoms with Crippen LogP contribution in [0.3, 0.4) is 0 Å². The first-order valence-electron chi connectivity index (χ1n) is 9.68. The molecule has 0 aromatic heterocycles. The summed E-state index contributed by atoms with van der Waals surface area (Å²) in [6.45, 7) is 15.5. The molecule has 1 aromatic carbocycles. The van der Waals surface area contributed by atoms with Crippen molar-refractivity contribution in [1.82, 2.24) is 5.32 Å². The second-order valence-electron chi connectivity index (χ2n) is 9.75. The molecule has 0 aliphatic heterocycles. The molecule has 1 aromatic rings. The van der Waals surface area contributed by atoms with Crippen molar-refractivity contribution in [3.63, 3.8) is 0 Å². The third kappa shape index (κ3) is 10.1. The van der Waals surface area contributed by atoms with Crippen LogP contribution >= 0.6 is 0 Å². The van der Waals surface area contributed by atoms with Crippen LogP contribution in [0.25, 0.3) is 0 Å². The number of ether oxygens (including phenoxy) is 4. The van der Waals surface area contributed by atoms with Gasteiger partial charge in [-0.1, -0.05) is 12.1 Å². The van der Waals surface area contributed by atoms with Crippen molar-refractivity contribution in [1.29, 1.82) is 0 Å². The molecule has 168 valence electrons. The Labute approximate surface area is 178 Å². The molecule has 1 amide bonds. The molecule has 1 atom stereocenters. The van der Waals surface area contributed by atoms with Gasteiger partial charge < -0.3 is 24.3 Å². The average Bonchev–Trinajstić information content (AvgIpc) is 2.48. The second-order valence-corrected chi connectivity index (χ2v) is 9.75. The number of nitrogens with one attached hydrogen (secondary N) is 1. The van der Waals surface area contributed by atoms with Gasteiger partial charge >= 0.3 is 18.2 Å². The fourth-order valence-corrected chi connectivity index (χ4v) is 2.16. The van der Waals surface area contributed by atoms with E-state index in [1.54, 1.807) is 74.4 Å². The van der Waals surface area contributed by atoms with Crippen LogP contribution in [0.1, 0.15) is 73.9 Å². The number of hydrogen-bond acceptors (Lipinski definition) is 7. The lowest BCUT2D eigenvalue weighted by Crippen LogP contribution is -2.40. The van der Waals surface area contributed by atoms with Crippen molar-refractivity contribution in [2.75, 3.05) is 0 Å². The van der Waals surface area contributed by atoms with Crippen molar-refractivity contribution < 1.29 is 33.3 Å². The van der Waals surface area contributed by atoms with E-state index in [0.29, 0.717) is 5.56 Å². The first-order chi connectivity index (χ1) is 13.5. The summed E-state index contributed by atoms with van der Waals surface area (Å²) in [6.07, 6.45) is -1.60. The highest BCUT2D eigenvalue weighted by Gasteiger charge is 2.30. The van der Waals surface area contributed by atoms with Crippen molar-refractivity contribution >= 4 is 18.2 Å². The fourth-order valence-electron chi connectivity index (χ4n) is 2.16. The van der Waals surface area contributed by atoms with Crippen LogP contribution in [0, 0.1) is 0 Å². The molecular formula is C22H33NO7. The Kier molecular flexibility index (Phi) is 7.89. The number of benzene rings is 1. The number of carbonyl (C=O) groups is 3. The Balaban J connectivity index is 3.02. The Morgan fingerprint density at radius 3 is 1.63 bits per heavy atom. The van der Waals surface area contributed by atoms with Gasteiger partial charge in [-0.3, -0.25) is 0 Å². The molecule has 1 N–H and O–H groups in total. The minimum atomic E-state index is -1.10. The highest BCUT2D eigenvalue weighted by molar-refractivity contribution is 5.83. The topological polar surface area (TPSA) is 100 Å². The van der Waals surface area contributed by atoms with E-state index < -0.39 is 41.1 Å². The number of amides is 1. The van der Waals surface area contributed by atoms with Crippen LogP contribution in [0.15, 0.2) is 24.3 Å². The van der Waals surface area contributed by atoms with Crippen molar-refractivity contribution in [3.05, 3.63) is 29.8 Å². The summed E-state index contributed by atoms with van der Waals surface area (Å²) in [5.74, 6) is -0.414. The van der Waals surface area contributed by atoms with Crippen molar-refractivity contribution in [2.24, 2.45) is 0 Å². The van der Waals surface area contributed by atoms with E-state index in [1.807, 2.05) is 0 Å². The summed E-state index contributed by atoms with van der Waals surface area (Å²) in [5, 5.41) is 2.54. The molecule has 30 heavy (non-hydrogen) atoms. The Hall–Kier alpha value is -2.77. The van der Waals surface area contributed by atoms with E-state index >= 15 is 0 Å². The lowest BCUT2D eigenvalue weighted by Gasteiger charge is -2.26. The standard InChI is InChI=1S/C22H33NO7/c1-20(2,3)28-17(24)16(23-18(25)29-21(4,5)6)14-10-12-15(13-11-14)27-19(26)30-22(7,8)9/h10-13,16H,1-9H3,(H,23,25)/t16-/m0/s1. The first-order valence-corrected chi connectivity index (χ1v) is 9.68. The van der Waals surface area contributed by atoms with Gasteiger partial charge in [-0.15, -0.1) is 0 Å². The van der Waals surface area contributed by atoms with E-state index in [0.717, 1.165) is 0 Å². The van der Waals surface area contributed by atoms with Gasteiger partial charge in [-0.2, -0.15) is 0 Å². The van der Waals surface area contributed by atoms with Gasteiger partial charge in [0.2, 0.25) is 0 Å². The lowest BCUT2D eigenvalue weighted by molar-refractivity contribution is -0.157. The molecule has 0 saturated heterocycles. The molecule has 0 radical (unpaired) electrons. The van der Waals surface area contributed by atoms with Gasteiger partial charge in [0.1, 0.15) is 22.6 Å². The fraction of sp³-hybridized carbons (Fsp3) is 0.591. The maximum Gasteiger partial charge on any atom is 0.514 e. The SMILES string of the molecule is CC(C)(C)OC(=O)N[C@H](C(=O)OC(C)(C)C)c1ccc(OC(=O)OC(C)(C)C)cc1. The Morgan fingerprint density at radius 2 is 1.20 bits per heavy atom. The number of carbonyl (C=O) groups excluding carboxylic acids is 3. The van der Waals surface area contributed by atoms with Crippen LogP contribution < -0.4 is 10.1 Å². The van der Waals surface area contributed by atoms with Gasteiger partial charge in [-0.25, -0.2) is 14.4 Å². The third-order valence-electron chi connectivity index (χ3n) is 3.11. The Morgan fingerprint density at radius 1 is 0.733 bits per heavy atom. The number of hydrogen-bond donors (Lipinski definition) is 1. The van der Waals surface area contributed by atoms with E-state index in [9.17, 15) is 14.4 Å². The molecule has 0 aliphatic carbocycles. The summed E-state index contributed by atoms with van der Waals surface area (Å²) in [4.78, 5) is 36.7. The summed E-state index contributed by atoms with van der Waals surface area (Å²) in [6, 6.07) is 4.98. The van der Waals surface area contributed by atoms with E-state index in [-0.39, 0.29) is 5.75 Å². The molecule has 0 heterocycles. The minimum absolute atomic E-state index is 0.230. The lowest BCUT2D eigenvalue weighted by atomic mass is 10.1. The Bertz CT molecular complexity index is 750. The second kappa shape index (κ2) is 9.36. The van der Waals surface area contributed by atoms with E-state index in [2.05, 4.69) is 5.32 Å². The minimum Gasteiger partial charge on any atom is -0.458 e. The maximum absolute atomic E-state index is 12.7. The van der Waals surface area contributed by atoms with Gasteiger partial charge in [0.25, 0.3) is 0 Å². The van der Waals surface area contributed by atoms with Crippen molar-refractivity contribution in [3.8, 4) is 5.75 Å². The monoisotopic (exact) mass is 423 g/mol. The zero-order chi connectivity index (χ0) is 23.3. The van der Waals surface area contributed by atoms with Crippen LogP contribution in [0.5, 0.6) is 5.75 Å². The van der Waals surface area contributed by atoms with Gasteiger partial charge in [0.15, 0.2) is 6.04 Å². The van der Waals surface area contributed by atoms with Gasteiger partial charge in [-0.05, 0) is 80.0 Å². The molecule has 0 saturated carbocycles. The molecule has 8 heteroatoms. The predicted molar refractivity (Wildman–Crippen MR) is 111 cm³/mol. The smallest absolute Gasteiger partial charge is 0.458 e. The van der Waals surface area contributed by atoms with Gasteiger partial charge in [0.05, 0.1) is 0 Å². The van der Waals surface area contributed by atoms with Crippen LogP contribution in [-0.4, -0.2) is 35.0 Å². The maximum atomic E-state index is 12.7. The van der Waals surface area contributed by atoms with Gasteiger partial charge in [0, 0.05) is 0 Å². The number of alkyl carbamates (subject to hydrolysis) is 1. The number of rotatable bonds is 4. The molecule has 0 fully saturated rings. The zero-order valence-electron chi connectivity index (χ0n) is 19.2. The van der Waals surface area contributed by atoms with Crippen LogP contribution in [-0.2, 0) is 19.0 Å². The average molecular weight is 424 g/mol. The van der Waals surface area contributed by atoms with Crippen LogP contribution in [0.4, 0.5) is 9.59 Å². The molecule has 1 rings (SSSR count). The number of esters is 1. The molecule has 0 spiro atoms. The molecule has 0 aliphatic rings.